The molecule has 0 atom stereocenters. The fourth-order valence-corrected chi connectivity index (χ4v) is 2.89. The van der Waals surface area contributed by atoms with E-state index >= 15 is 0 Å². The van der Waals surface area contributed by atoms with E-state index in [9.17, 15) is 14.0 Å². The van der Waals surface area contributed by atoms with E-state index in [4.69, 9.17) is 4.74 Å². The molecule has 2 rings (SSSR count). The third-order valence-electron chi connectivity index (χ3n) is 4.58. The van der Waals surface area contributed by atoms with E-state index in [0.29, 0.717) is 25.7 Å². The Balaban J connectivity index is 0.00000450. The fourth-order valence-electron chi connectivity index (χ4n) is 2.89. The summed E-state index contributed by atoms with van der Waals surface area (Å²) in [5, 5.41) is 6.36. The Kier molecular flexibility index (Phi) is 11.4. The number of aliphatic imine (C=N–C) groups is 1. The minimum Gasteiger partial charge on any atom is -0.450 e. The molecule has 0 unspecified atom stereocenters. The number of halogens is 2. The van der Waals surface area contributed by atoms with Gasteiger partial charge in [-0.15, -0.1) is 24.0 Å². The lowest BCUT2D eigenvalue weighted by atomic mass is 10.1. The van der Waals surface area contributed by atoms with E-state index in [1.165, 1.54) is 17.0 Å². The molecule has 30 heavy (non-hydrogen) atoms. The Bertz CT molecular complexity index is 724. The number of nitrogens with one attached hydrogen (secondary N) is 2. The van der Waals surface area contributed by atoms with E-state index < -0.39 is 0 Å². The second-order valence-electron chi connectivity index (χ2n) is 7.04. The zero-order valence-electron chi connectivity index (χ0n) is 17.7. The van der Waals surface area contributed by atoms with E-state index in [-0.39, 0.29) is 60.9 Å². The van der Waals surface area contributed by atoms with E-state index in [1.54, 1.807) is 38.1 Å². The minimum absolute atomic E-state index is 0. The summed E-state index contributed by atoms with van der Waals surface area (Å²) < 4.78 is 18.4. The van der Waals surface area contributed by atoms with Crippen molar-refractivity contribution in [1.29, 1.82) is 0 Å². The van der Waals surface area contributed by atoms with Crippen molar-refractivity contribution in [1.82, 2.24) is 20.4 Å². The lowest BCUT2D eigenvalue weighted by Crippen LogP contribution is -2.51. The number of guanidine groups is 1. The number of nitrogens with zero attached hydrogens (tertiary/aromatic N) is 3. The Morgan fingerprint density at radius 3 is 2.60 bits per heavy atom. The molecule has 1 aromatic rings. The molecule has 1 saturated heterocycles. The van der Waals surface area contributed by atoms with Crippen LogP contribution in [0.1, 0.15) is 25.3 Å². The highest BCUT2D eigenvalue weighted by molar-refractivity contribution is 14.0. The maximum Gasteiger partial charge on any atom is 0.409 e. The second-order valence-corrected chi connectivity index (χ2v) is 7.04. The van der Waals surface area contributed by atoms with Crippen LogP contribution in [0, 0.1) is 5.82 Å². The highest BCUT2D eigenvalue weighted by Gasteiger charge is 2.24. The second kappa shape index (κ2) is 13.2. The van der Waals surface area contributed by atoms with Gasteiger partial charge in [0, 0.05) is 33.2 Å². The Hall–Kier alpha value is -2.11. The summed E-state index contributed by atoms with van der Waals surface area (Å²) >= 11 is 0. The van der Waals surface area contributed by atoms with Gasteiger partial charge in [0.15, 0.2) is 5.96 Å². The SMILES string of the molecule is CCOC(=O)N1CCC(NC(=NCc2cccc(F)c2)NCC(=O)N(C)C)CC1.I. The number of carbonyl (C=O) groups excluding carboxylic acids is 2. The van der Waals surface area contributed by atoms with Crippen LogP contribution < -0.4 is 10.6 Å². The van der Waals surface area contributed by atoms with Gasteiger partial charge in [0.1, 0.15) is 5.82 Å². The maximum absolute atomic E-state index is 13.4. The van der Waals surface area contributed by atoms with Crippen LogP contribution in [0.2, 0.25) is 0 Å². The molecule has 1 aliphatic heterocycles. The highest BCUT2D eigenvalue weighted by Crippen LogP contribution is 2.12. The molecule has 168 valence electrons. The molecule has 2 N–H and O–H groups in total. The molecule has 0 saturated carbocycles. The van der Waals surface area contributed by atoms with Crippen LogP contribution in [0.25, 0.3) is 0 Å². The zero-order valence-corrected chi connectivity index (χ0v) is 20.0. The van der Waals surface area contributed by atoms with Gasteiger partial charge in [0.25, 0.3) is 0 Å². The molecule has 1 fully saturated rings. The first kappa shape index (κ1) is 25.9. The minimum atomic E-state index is -0.311. The van der Waals surface area contributed by atoms with Gasteiger partial charge in [-0.05, 0) is 37.5 Å². The van der Waals surface area contributed by atoms with Crippen molar-refractivity contribution in [3.63, 3.8) is 0 Å². The molecule has 8 nitrogen and oxygen atoms in total. The normalized spacial score (nSPS) is 14.5. The van der Waals surface area contributed by atoms with Crippen LogP contribution in [-0.4, -0.2) is 74.1 Å². The standard InChI is InChI=1S/C20H30FN5O3.HI/c1-4-29-20(28)26-10-8-17(9-11-26)24-19(23-14-18(27)25(2)3)22-13-15-6-5-7-16(21)12-15;/h5-7,12,17H,4,8-11,13-14H2,1-3H3,(H2,22,23,24);1H. The lowest BCUT2D eigenvalue weighted by molar-refractivity contribution is -0.127. The number of carbonyl (C=O) groups is 2. The van der Waals surface area contributed by atoms with E-state index in [0.717, 1.165) is 18.4 Å². The molecule has 1 aromatic carbocycles. The van der Waals surface area contributed by atoms with Crippen LogP contribution in [0.3, 0.4) is 0 Å². The summed E-state index contributed by atoms with van der Waals surface area (Å²) in [5.74, 6) is 0.0933. The molecule has 0 aliphatic carbocycles. The van der Waals surface area contributed by atoms with Crippen molar-refractivity contribution >= 4 is 41.9 Å². The van der Waals surface area contributed by atoms with Gasteiger partial charge in [-0.1, -0.05) is 12.1 Å². The molecule has 0 spiro atoms. The Labute approximate surface area is 194 Å². The number of amides is 2. The quantitative estimate of drug-likeness (QED) is 0.332. The summed E-state index contributed by atoms with van der Waals surface area (Å²) in [7, 11) is 3.37. The van der Waals surface area contributed by atoms with Crippen LogP contribution in [0.5, 0.6) is 0 Å². The molecule has 0 radical (unpaired) electrons. The predicted octanol–water partition coefficient (Wildman–Crippen LogP) is 2.19. The average Bonchev–Trinajstić information content (AvgIpc) is 2.70. The zero-order chi connectivity index (χ0) is 21.2. The van der Waals surface area contributed by atoms with Crippen LogP contribution in [0.15, 0.2) is 29.3 Å². The van der Waals surface area contributed by atoms with Gasteiger partial charge in [-0.25, -0.2) is 14.2 Å². The number of likely N-dealkylation sites (N-methyl/N-ethyl adjacent to an activating group) is 1. The van der Waals surface area contributed by atoms with Crippen LogP contribution in [0.4, 0.5) is 9.18 Å². The number of ether oxygens (including phenoxy) is 1. The molecule has 1 heterocycles. The van der Waals surface area contributed by atoms with E-state index in [1.807, 2.05) is 0 Å². The van der Waals surface area contributed by atoms with Gasteiger partial charge in [0.2, 0.25) is 5.91 Å². The molecular weight excluding hydrogens is 504 g/mol. The van der Waals surface area contributed by atoms with E-state index in [2.05, 4.69) is 15.6 Å². The molecule has 0 bridgehead atoms. The van der Waals surface area contributed by atoms with Crippen molar-refractivity contribution in [3.8, 4) is 0 Å². The largest absolute Gasteiger partial charge is 0.450 e. The van der Waals surface area contributed by atoms with Crippen molar-refractivity contribution < 1.29 is 18.7 Å². The smallest absolute Gasteiger partial charge is 0.409 e. The highest BCUT2D eigenvalue weighted by atomic mass is 127. The van der Waals surface area contributed by atoms with Crippen molar-refractivity contribution in [2.45, 2.75) is 32.4 Å². The van der Waals surface area contributed by atoms with Crippen molar-refractivity contribution in [2.24, 2.45) is 4.99 Å². The van der Waals surface area contributed by atoms with Gasteiger partial charge in [-0.2, -0.15) is 0 Å². The summed E-state index contributed by atoms with van der Waals surface area (Å²) in [6.45, 7) is 3.70. The summed E-state index contributed by atoms with van der Waals surface area (Å²) in [6.07, 6.45) is 1.18. The Morgan fingerprint density at radius 2 is 2.00 bits per heavy atom. The first-order chi connectivity index (χ1) is 13.9. The van der Waals surface area contributed by atoms with Crippen molar-refractivity contribution in [2.75, 3.05) is 40.3 Å². The molecule has 10 heteroatoms. The Morgan fingerprint density at radius 1 is 1.30 bits per heavy atom. The first-order valence-electron chi connectivity index (χ1n) is 9.80. The number of hydrogen-bond donors (Lipinski definition) is 2. The lowest BCUT2D eigenvalue weighted by Gasteiger charge is -2.32. The van der Waals surface area contributed by atoms with Crippen LogP contribution >= 0.6 is 24.0 Å². The van der Waals surface area contributed by atoms with Gasteiger partial charge < -0.3 is 25.2 Å². The number of hydrogen-bond acceptors (Lipinski definition) is 4. The molecule has 0 aromatic heterocycles. The number of benzene rings is 1. The van der Waals surface area contributed by atoms with Crippen molar-refractivity contribution in [3.05, 3.63) is 35.6 Å². The number of likely N-dealkylation sites (tertiary alicyclic amines) is 1. The number of piperidine rings is 1. The summed E-state index contributed by atoms with van der Waals surface area (Å²) in [5.41, 5.74) is 0.738. The molecular formula is C20H31FIN5O3. The summed E-state index contributed by atoms with van der Waals surface area (Å²) in [4.78, 5) is 31.4. The van der Waals surface area contributed by atoms with Gasteiger partial charge >= 0.3 is 6.09 Å². The predicted molar refractivity (Wildman–Crippen MR) is 124 cm³/mol. The molecule has 2 amide bonds. The molecule has 1 aliphatic rings. The third kappa shape index (κ3) is 8.72. The first-order valence-corrected chi connectivity index (χ1v) is 9.80. The fraction of sp³-hybridized carbons (Fsp3) is 0.550. The summed E-state index contributed by atoms with van der Waals surface area (Å²) in [6, 6.07) is 6.37. The third-order valence-corrected chi connectivity index (χ3v) is 4.58. The maximum atomic E-state index is 13.4. The monoisotopic (exact) mass is 535 g/mol. The van der Waals surface area contributed by atoms with Gasteiger partial charge in [0.05, 0.1) is 19.7 Å². The van der Waals surface area contributed by atoms with Gasteiger partial charge in [-0.3, -0.25) is 4.79 Å². The van der Waals surface area contributed by atoms with Crippen LogP contribution in [-0.2, 0) is 16.1 Å². The average molecular weight is 535 g/mol. The number of rotatable bonds is 6. The topological polar surface area (TPSA) is 86.3 Å².